The van der Waals surface area contributed by atoms with Crippen LogP contribution in [0.15, 0.2) is 24.3 Å². The highest BCUT2D eigenvalue weighted by atomic mass is 16.3. The number of nitrogens with one attached hydrogen (secondary N) is 2. The van der Waals surface area contributed by atoms with Gasteiger partial charge in [0.1, 0.15) is 0 Å². The zero-order valence-electron chi connectivity index (χ0n) is 11.3. The molecule has 0 aromatic heterocycles. The van der Waals surface area contributed by atoms with Gasteiger partial charge in [-0.2, -0.15) is 0 Å². The van der Waals surface area contributed by atoms with Gasteiger partial charge in [0.2, 0.25) is 0 Å². The van der Waals surface area contributed by atoms with Gasteiger partial charge in [-0.3, -0.25) is 4.79 Å². The first-order valence-corrected chi connectivity index (χ1v) is 6.26. The van der Waals surface area contributed by atoms with Gasteiger partial charge in [-0.15, -0.1) is 0 Å². The lowest BCUT2D eigenvalue weighted by molar-refractivity contribution is 0.0887. The Bertz CT molecular complexity index is 407. The van der Waals surface area contributed by atoms with Gasteiger partial charge in [0.05, 0.1) is 5.56 Å². The molecule has 0 bridgehead atoms. The van der Waals surface area contributed by atoms with Crippen LogP contribution in [0.5, 0.6) is 0 Å². The molecule has 0 saturated carbocycles. The lowest BCUT2D eigenvalue weighted by atomic mass is 9.94. The van der Waals surface area contributed by atoms with Crippen LogP contribution in [0.25, 0.3) is 0 Å². The van der Waals surface area contributed by atoms with Gasteiger partial charge in [-0.25, -0.2) is 0 Å². The van der Waals surface area contributed by atoms with Crippen molar-refractivity contribution in [1.29, 1.82) is 0 Å². The molecule has 1 unspecified atom stereocenters. The average Bonchev–Trinajstić information content (AvgIpc) is 2.38. The molecule has 0 aliphatic rings. The summed E-state index contributed by atoms with van der Waals surface area (Å²) in [5.74, 6) is -0.113. The number of benzene rings is 1. The summed E-state index contributed by atoms with van der Waals surface area (Å²) in [4.78, 5) is 12.2. The molecule has 100 valence electrons. The molecule has 1 rings (SSSR count). The number of hydrogen-bond donors (Lipinski definition) is 3. The molecule has 0 fully saturated rings. The number of aliphatic hydroxyl groups excluding tert-OH is 1. The SMILES string of the molecule is CCC(C)(CCO)NC(=O)c1ccccc1NC. The summed E-state index contributed by atoms with van der Waals surface area (Å²) in [5.41, 5.74) is 1.06. The van der Waals surface area contributed by atoms with Crippen LogP contribution >= 0.6 is 0 Å². The number of rotatable bonds is 6. The van der Waals surface area contributed by atoms with Crippen molar-refractivity contribution in [3.63, 3.8) is 0 Å². The van der Waals surface area contributed by atoms with E-state index < -0.39 is 0 Å². The fourth-order valence-electron chi connectivity index (χ4n) is 1.81. The number of carbonyl (C=O) groups is 1. The maximum Gasteiger partial charge on any atom is 0.253 e. The Morgan fingerprint density at radius 3 is 2.61 bits per heavy atom. The number of para-hydroxylation sites is 1. The van der Waals surface area contributed by atoms with Crippen LogP contribution < -0.4 is 10.6 Å². The Balaban J connectivity index is 2.87. The van der Waals surface area contributed by atoms with Gasteiger partial charge >= 0.3 is 0 Å². The maximum atomic E-state index is 12.2. The molecule has 0 aliphatic carbocycles. The zero-order valence-corrected chi connectivity index (χ0v) is 11.3. The maximum absolute atomic E-state index is 12.2. The Kier molecular flexibility index (Phi) is 5.16. The van der Waals surface area contributed by atoms with E-state index in [1.54, 1.807) is 13.1 Å². The van der Waals surface area contributed by atoms with Gasteiger partial charge < -0.3 is 15.7 Å². The molecule has 1 aromatic carbocycles. The second kappa shape index (κ2) is 6.40. The molecule has 1 atom stereocenters. The van der Waals surface area contributed by atoms with Crippen LogP contribution in [-0.2, 0) is 0 Å². The fourth-order valence-corrected chi connectivity index (χ4v) is 1.81. The molecule has 4 nitrogen and oxygen atoms in total. The van der Waals surface area contributed by atoms with E-state index in [-0.39, 0.29) is 18.1 Å². The van der Waals surface area contributed by atoms with E-state index in [1.807, 2.05) is 32.0 Å². The Hall–Kier alpha value is -1.55. The van der Waals surface area contributed by atoms with Crippen molar-refractivity contribution >= 4 is 11.6 Å². The van der Waals surface area contributed by atoms with Crippen molar-refractivity contribution in [1.82, 2.24) is 5.32 Å². The first-order valence-electron chi connectivity index (χ1n) is 6.26. The molecule has 1 aromatic rings. The third kappa shape index (κ3) is 3.47. The van der Waals surface area contributed by atoms with Gasteiger partial charge in [0.15, 0.2) is 0 Å². The molecule has 0 saturated heterocycles. The lowest BCUT2D eigenvalue weighted by Gasteiger charge is -2.29. The summed E-state index contributed by atoms with van der Waals surface area (Å²) in [6, 6.07) is 7.38. The van der Waals surface area contributed by atoms with E-state index in [4.69, 9.17) is 5.11 Å². The van der Waals surface area contributed by atoms with Crippen LogP contribution in [0.4, 0.5) is 5.69 Å². The summed E-state index contributed by atoms with van der Waals surface area (Å²) in [7, 11) is 1.79. The molecular formula is C14H22N2O2. The average molecular weight is 250 g/mol. The molecule has 0 aliphatic heterocycles. The Labute approximate surface area is 108 Å². The Morgan fingerprint density at radius 1 is 1.39 bits per heavy atom. The Morgan fingerprint density at radius 2 is 2.06 bits per heavy atom. The van der Waals surface area contributed by atoms with Crippen molar-refractivity contribution < 1.29 is 9.90 Å². The quantitative estimate of drug-likeness (QED) is 0.723. The third-order valence-electron chi connectivity index (χ3n) is 3.30. The van der Waals surface area contributed by atoms with E-state index in [2.05, 4.69) is 10.6 Å². The number of anilines is 1. The topological polar surface area (TPSA) is 61.4 Å². The van der Waals surface area contributed by atoms with E-state index in [1.165, 1.54) is 0 Å². The standard InChI is InChI=1S/C14H22N2O2/c1-4-14(2,9-10-17)16-13(18)11-7-5-6-8-12(11)15-3/h5-8,15,17H,4,9-10H2,1-3H3,(H,16,18). The number of aliphatic hydroxyl groups is 1. The molecule has 3 N–H and O–H groups in total. The van der Waals surface area contributed by atoms with Crippen LogP contribution in [0.3, 0.4) is 0 Å². The summed E-state index contributed by atoms with van der Waals surface area (Å²) < 4.78 is 0. The van der Waals surface area contributed by atoms with Gasteiger partial charge in [-0.1, -0.05) is 19.1 Å². The van der Waals surface area contributed by atoms with E-state index in [0.29, 0.717) is 12.0 Å². The molecule has 1 amide bonds. The minimum Gasteiger partial charge on any atom is -0.396 e. The highest BCUT2D eigenvalue weighted by molar-refractivity contribution is 5.99. The van der Waals surface area contributed by atoms with Crippen molar-refractivity contribution in [2.24, 2.45) is 0 Å². The van der Waals surface area contributed by atoms with E-state index in [9.17, 15) is 4.79 Å². The zero-order chi connectivity index (χ0) is 13.6. The number of carbonyl (C=O) groups excluding carboxylic acids is 1. The normalized spacial score (nSPS) is 13.8. The van der Waals surface area contributed by atoms with Gasteiger partial charge in [0.25, 0.3) is 5.91 Å². The van der Waals surface area contributed by atoms with E-state index >= 15 is 0 Å². The molecule has 0 heterocycles. The van der Waals surface area contributed by atoms with Gasteiger partial charge in [0, 0.05) is 24.9 Å². The molecule has 4 heteroatoms. The van der Waals surface area contributed by atoms with Crippen molar-refractivity contribution in [3.05, 3.63) is 29.8 Å². The molecule has 0 spiro atoms. The summed E-state index contributed by atoms with van der Waals surface area (Å²) in [6.45, 7) is 4.02. The summed E-state index contributed by atoms with van der Waals surface area (Å²) in [6.07, 6.45) is 1.33. The number of amides is 1. The second-order valence-corrected chi connectivity index (χ2v) is 4.64. The van der Waals surface area contributed by atoms with Crippen LogP contribution in [0.2, 0.25) is 0 Å². The van der Waals surface area contributed by atoms with E-state index in [0.717, 1.165) is 12.1 Å². The van der Waals surface area contributed by atoms with Crippen molar-refractivity contribution in [2.45, 2.75) is 32.2 Å². The largest absolute Gasteiger partial charge is 0.396 e. The predicted octanol–water partition coefficient (Wildman–Crippen LogP) is 2.01. The second-order valence-electron chi connectivity index (χ2n) is 4.64. The molecular weight excluding hydrogens is 228 g/mol. The summed E-state index contributed by atoms with van der Waals surface area (Å²) in [5, 5.41) is 15.1. The monoisotopic (exact) mass is 250 g/mol. The van der Waals surface area contributed by atoms with Crippen molar-refractivity contribution in [3.8, 4) is 0 Å². The minimum atomic E-state index is -0.368. The van der Waals surface area contributed by atoms with Gasteiger partial charge in [-0.05, 0) is 31.9 Å². The first kappa shape index (κ1) is 14.5. The smallest absolute Gasteiger partial charge is 0.253 e. The first-order chi connectivity index (χ1) is 8.56. The highest BCUT2D eigenvalue weighted by Gasteiger charge is 2.24. The van der Waals surface area contributed by atoms with Crippen molar-refractivity contribution in [2.75, 3.05) is 19.0 Å². The molecule has 18 heavy (non-hydrogen) atoms. The third-order valence-corrected chi connectivity index (χ3v) is 3.30. The highest BCUT2D eigenvalue weighted by Crippen LogP contribution is 2.18. The van der Waals surface area contributed by atoms with Crippen LogP contribution in [0.1, 0.15) is 37.0 Å². The predicted molar refractivity (Wildman–Crippen MR) is 73.9 cm³/mol. The minimum absolute atomic E-state index is 0.0678. The van der Waals surface area contributed by atoms with Crippen LogP contribution in [0, 0.1) is 0 Å². The number of hydrogen-bond acceptors (Lipinski definition) is 3. The van der Waals surface area contributed by atoms with Crippen LogP contribution in [-0.4, -0.2) is 30.2 Å². The lowest BCUT2D eigenvalue weighted by Crippen LogP contribution is -2.46. The summed E-state index contributed by atoms with van der Waals surface area (Å²) >= 11 is 0. The fraction of sp³-hybridized carbons (Fsp3) is 0.500. The molecule has 0 radical (unpaired) electrons.